The summed E-state index contributed by atoms with van der Waals surface area (Å²) in [6, 6.07) is 11.4. The highest BCUT2D eigenvalue weighted by Gasteiger charge is 2.46. The zero-order valence-electron chi connectivity index (χ0n) is 29.0. The van der Waals surface area contributed by atoms with E-state index in [2.05, 4.69) is 0 Å². The zero-order valence-corrected chi connectivity index (χ0v) is 29.0. The largest absolute Gasteiger partial charge is 0.417 e. The van der Waals surface area contributed by atoms with E-state index in [1.807, 2.05) is 27.7 Å². The van der Waals surface area contributed by atoms with Gasteiger partial charge in [0, 0.05) is 0 Å². The van der Waals surface area contributed by atoms with Crippen molar-refractivity contribution in [3.05, 3.63) is 104 Å². The SMILES string of the molecule is CCC(C)c1ccc(C)c(C(F)(F)F)c1.CCC(C)c1ccc(C)c(C(F)(F)F)c1C(F)(F)F.CCC(C)c1ccc(C)cc1C(F)(F)F. The van der Waals surface area contributed by atoms with E-state index >= 15 is 0 Å². The lowest BCUT2D eigenvalue weighted by molar-refractivity contribution is -0.163. The van der Waals surface area contributed by atoms with Gasteiger partial charge in [0.05, 0.1) is 22.3 Å². The highest BCUT2D eigenvalue weighted by molar-refractivity contribution is 5.46. The molecule has 3 unspecified atom stereocenters. The van der Waals surface area contributed by atoms with E-state index in [0.717, 1.165) is 31.0 Å². The van der Waals surface area contributed by atoms with Crippen molar-refractivity contribution < 1.29 is 52.7 Å². The highest BCUT2D eigenvalue weighted by atomic mass is 19.4. The first-order valence-corrected chi connectivity index (χ1v) is 15.8. The fourth-order valence-corrected chi connectivity index (χ4v) is 5.08. The Kier molecular flexibility index (Phi) is 15.4. The Labute approximate surface area is 280 Å². The molecule has 0 N–H and O–H groups in total. The number of aryl methyl sites for hydroxylation is 3. The summed E-state index contributed by atoms with van der Waals surface area (Å²) in [5.41, 5.74) is -2.74. The van der Waals surface area contributed by atoms with E-state index in [1.54, 1.807) is 38.1 Å². The summed E-state index contributed by atoms with van der Waals surface area (Å²) in [5.74, 6) is -0.466. The second-order valence-electron chi connectivity index (χ2n) is 12.3. The molecule has 0 aliphatic carbocycles. The van der Waals surface area contributed by atoms with E-state index in [0.29, 0.717) is 24.0 Å². The first-order valence-electron chi connectivity index (χ1n) is 15.8. The fraction of sp³-hybridized carbons (Fsp3) is 0.514. The van der Waals surface area contributed by atoms with Crippen LogP contribution in [0.2, 0.25) is 0 Å². The van der Waals surface area contributed by atoms with Gasteiger partial charge in [-0.2, -0.15) is 52.7 Å². The minimum absolute atomic E-state index is 0.0535. The van der Waals surface area contributed by atoms with Crippen molar-refractivity contribution in [1.82, 2.24) is 0 Å². The van der Waals surface area contributed by atoms with E-state index in [4.69, 9.17) is 0 Å². The molecule has 0 heterocycles. The van der Waals surface area contributed by atoms with Crippen LogP contribution in [0.3, 0.4) is 0 Å². The lowest BCUT2D eigenvalue weighted by Gasteiger charge is -2.23. The summed E-state index contributed by atoms with van der Waals surface area (Å²) in [6.45, 7) is 14.9. The predicted molar refractivity (Wildman–Crippen MR) is 170 cm³/mol. The van der Waals surface area contributed by atoms with Gasteiger partial charge in [-0.1, -0.05) is 83.5 Å². The number of rotatable bonds is 6. The van der Waals surface area contributed by atoms with Gasteiger partial charge in [0.25, 0.3) is 0 Å². The lowest BCUT2D eigenvalue weighted by Crippen LogP contribution is -2.21. The molecule has 0 aliphatic heterocycles. The number of hydrogen-bond acceptors (Lipinski definition) is 0. The maximum absolute atomic E-state index is 13.0. The molecule has 49 heavy (non-hydrogen) atoms. The van der Waals surface area contributed by atoms with Crippen LogP contribution in [0.25, 0.3) is 0 Å². The molecule has 3 atom stereocenters. The molecule has 3 aromatic carbocycles. The van der Waals surface area contributed by atoms with Crippen LogP contribution in [0.15, 0.2) is 48.5 Å². The van der Waals surface area contributed by atoms with E-state index in [-0.39, 0.29) is 23.0 Å². The second kappa shape index (κ2) is 17.2. The molecule has 0 radical (unpaired) electrons. The van der Waals surface area contributed by atoms with Crippen LogP contribution in [0.5, 0.6) is 0 Å². The van der Waals surface area contributed by atoms with Gasteiger partial charge >= 0.3 is 24.7 Å². The van der Waals surface area contributed by atoms with E-state index < -0.39 is 58.4 Å². The summed E-state index contributed by atoms with van der Waals surface area (Å²) in [6.07, 6.45) is -16.6. The van der Waals surface area contributed by atoms with Crippen LogP contribution in [-0.4, -0.2) is 0 Å². The molecule has 0 amide bonds. The Bertz CT molecular complexity index is 1490. The van der Waals surface area contributed by atoms with Crippen LogP contribution in [0, 0.1) is 20.8 Å². The third-order valence-electron chi connectivity index (χ3n) is 8.56. The standard InChI is InChI=1S/C13H14F6.2C12H15F3/c1-4-7(2)9-6-5-8(3)10(12(14,15)16)11(9)13(17,18)19;1-4-9(3)10-6-5-8(2)7-11(10)12(13,14)15;1-4-8(2)10-6-5-9(3)11(7-10)12(13,14)15/h5-7H,4H2,1-3H3;5-7,9H,4H2,1-3H3;5-8H,4H2,1-3H3. The van der Waals surface area contributed by atoms with Crippen LogP contribution in [-0.2, 0) is 24.7 Å². The average molecular weight is 717 g/mol. The normalized spacial score (nSPS) is 14.2. The van der Waals surface area contributed by atoms with E-state index in [1.165, 1.54) is 26.0 Å². The molecular weight excluding hydrogens is 672 g/mol. The Morgan fingerprint density at radius 2 is 0.878 bits per heavy atom. The molecule has 0 saturated carbocycles. The minimum atomic E-state index is -5.02. The quantitative estimate of drug-likeness (QED) is 0.223. The van der Waals surface area contributed by atoms with Crippen molar-refractivity contribution in [1.29, 1.82) is 0 Å². The zero-order chi connectivity index (χ0) is 38.3. The van der Waals surface area contributed by atoms with Crippen molar-refractivity contribution in [2.45, 2.75) is 124 Å². The first-order chi connectivity index (χ1) is 22.2. The highest BCUT2D eigenvalue weighted by Crippen LogP contribution is 2.46. The molecule has 0 bridgehead atoms. The summed E-state index contributed by atoms with van der Waals surface area (Å²) >= 11 is 0. The Morgan fingerprint density at radius 1 is 0.449 bits per heavy atom. The van der Waals surface area contributed by atoms with Crippen molar-refractivity contribution in [3.8, 4) is 0 Å². The third-order valence-corrected chi connectivity index (χ3v) is 8.56. The topological polar surface area (TPSA) is 0 Å². The molecule has 3 aromatic rings. The predicted octanol–water partition coefficient (Wildman–Crippen LogP) is 14.6. The molecule has 0 saturated heterocycles. The molecule has 0 fully saturated rings. The van der Waals surface area contributed by atoms with E-state index in [9.17, 15) is 52.7 Å². The number of alkyl halides is 12. The van der Waals surface area contributed by atoms with Crippen molar-refractivity contribution in [2.75, 3.05) is 0 Å². The van der Waals surface area contributed by atoms with Crippen molar-refractivity contribution >= 4 is 0 Å². The van der Waals surface area contributed by atoms with Gasteiger partial charge in [-0.05, 0) is 97.7 Å². The number of hydrogen-bond donors (Lipinski definition) is 0. The van der Waals surface area contributed by atoms with Gasteiger partial charge < -0.3 is 0 Å². The second-order valence-corrected chi connectivity index (χ2v) is 12.3. The summed E-state index contributed by atoms with van der Waals surface area (Å²) in [7, 11) is 0. The maximum atomic E-state index is 13.0. The summed E-state index contributed by atoms with van der Waals surface area (Å²) < 4.78 is 154. The van der Waals surface area contributed by atoms with Gasteiger partial charge in [-0.15, -0.1) is 0 Å². The smallest absolute Gasteiger partial charge is 0.166 e. The van der Waals surface area contributed by atoms with Crippen molar-refractivity contribution in [2.24, 2.45) is 0 Å². The van der Waals surface area contributed by atoms with Crippen LogP contribution < -0.4 is 0 Å². The van der Waals surface area contributed by atoms with Gasteiger partial charge in [0.1, 0.15) is 0 Å². The molecule has 0 nitrogen and oxygen atoms in total. The van der Waals surface area contributed by atoms with Gasteiger partial charge in [0.2, 0.25) is 0 Å². The van der Waals surface area contributed by atoms with Crippen LogP contribution >= 0.6 is 0 Å². The molecular formula is C37H44F12. The van der Waals surface area contributed by atoms with Gasteiger partial charge in [-0.3, -0.25) is 0 Å². The lowest BCUT2D eigenvalue weighted by atomic mass is 9.88. The monoisotopic (exact) mass is 716 g/mol. The molecule has 0 aliphatic rings. The minimum Gasteiger partial charge on any atom is -0.166 e. The van der Waals surface area contributed by atoms with Crippen molar-refractivity contribution in [3.63, 3.8) is 0 Å². The molecule has 3 rings (SSSR count). The molecule has 12 heteroatoms. The fourth-order valence-electron chi connectivity index (χ4n) is 5.08. The van der Waals surface area contributed by atoms with Gasteiger partial charge in [-0.25, -0.2) is 0 Å². The molecule has 0 spiro atoms. The molecule has 0 aromatic heterocycles. The van der Waals surface area contributed by atoms with Crippen LogP contribution in [0.1, 0.15) is 134 Å². The third kappa shape index (κ3) is 12.3. The first kappa shape index (κ1) is 43.8. The Morgan fingerprint density at radius 3 is 1.31 bits per heavy atom. The Hall–Kier alpha value is -3.18. The molecule has 276 valence electrons. The van der Waals surface area contributed by atoms with Crippen LogP contribution in [0.4, 0.5) is 52.7 Å². The maximum Gasteiger partial charge on any atom is 0.417 e. The average Bonchev–Trinajstić information content (AvgIpc) is 2.98. The van der Waals surface area contributed by atoms with Gasteiger partial charge in [0.15, 0.2) is 0 Å². The summed E-state index contributed by atoms with van der Waals surface area (Å²) in [5, 5.41) is 0. The number of benzene rings is 3. The number of halogens is 12. The summed E-state index contributed by atoms with van der Waals surface area (Å²) in [4.78, 5) is 0. The Balaban J connectivity index is 0.000000371.